The van der Waals surface area contributed by atoms with Crippen molar-refractivity contribution in [3.8, 4) is 0 Å². The second-order valence-electron chi connectivity index (χ2n) is 6.87. The highest BCUT2D eigenvalue weighted by Gasteiger charge is 2.56. The first-order chi connectivity index (χ1) is 9.07. The summed E-state index contributed by atoms with van der Waals surface area (Å²) in [6.45, 7) is 0. The van der Waals surface area contributed by atoms with Crippen LogP contribution in [0.5, 0.6) is 0 Å². The fourth-order valence-corrected chi connectivity index (χ4v) is 5.20. The number of nitrogens with two attached hydrogens (primary N) is 1. The van der Waals surface area contributed by atoms with Gasteiger partial charge in [0.1, 0.15) is 0 Å². The van der Waals surface area contributed by atoms with Crippen molar-refractivity contribution in [1.82, 2.24) is 0 Å². The molecule has 0 heterocycles. The van der Waals surface area contributed by atoms with Crippen LogP contribution in [0.2, 0.25) is 0 Å². The van der Waals surface area contributed by atoms with E-state index in [1.807, 2.05) is 0 Å². The minimum Gasteiger partial charge on any atom is -0.321 e. The highest BCUT2D eigenvalue weighted by atomic mass is 19.2. The van der Waals surface area contributed by atoms with E-state index in [1.54, 1.807) is 6.07 Å². The van der Waals surface area contributed by atoms with Crippen LogP contribution in [-0.4, -0.2) is 0 Å². The Hall–Kier alpha value is -0.960. The van der Waals surface area contributed by atoms with Gasteiger partial charge >= 0.3 is 0 Å². The van der Waals surface area contributed by atoms with E-state index >= 15 is 0 Å². The molecule has 4 saturated carbocycles. The molecule has 1 nitrogen and oxygen atoms in total. The molecule has 4 aliphatic carbocycles. The highest BCUT2D eigenvalue weighted by molar-refractivity contribution is 5.30. The first-order valence-corrected chi connectivity index (χ1v) is 7.31. The molecule has 19 heavy (non-hydrogen) atoms. The average Bonchev–Trinajstić information content (AvgIpc) is 2.38. The van der Waals surface area contributed by atoms with Crippen LogP contribution < -0.4 is 5.73 Å². The average molecular weight is 263 g/mol. The molecule has 3 heteroatoms. The van der Waals surface area contributed by atoms with Gasteiger partial charge in [-0.3, -0.25) is 0 Å². The molecule has 0 amide bonds. The third-order valence-corrected chi connectivity index (χ3v) is 5.91. The van der Waals surface area contributed by atoms with Gasteiger partial charge < -0.3 is 5.73 Å². The molecule has 0 spiro atoms. The molecular formula is C16H19F2N. The summed E-state index contributed by atoms with van der Waals surface area (Å²) in [4.78, 5) is 0. The zero-order valence-corrected chi connectivity index (χ0v) is 10.9. The molecule has 0 aromatic heterocycles. The largest absolute Gasteiger partial charge is 0.321 e. The number of rotatable bonds is 1. The van der Waals surface area contributed by atoms with Crippen molar-refractivity contribution in [1.29, 1.82) is 0 Å². The molecule has 2 N–H and O–H groups in total. The monoisotopic (exact) mass is 263 g/mol. The maximum absolute atomic E-state index is 13.5. The molecule has 4 bridgehead atoms. The standard InChI is InChI=1S/C16H19F2N/c17-14-2-1-11(8-15(14)18)16(19)12-4-9-3-10(6-12)7-13(16)5-9/h1-2,8-10,12-13H,3-7,19H2. The lowest BCUT2D eigenvalue weighted by atomic mass is 9.47. The normalized spacial score (nSPS) is 43.7. The molecular weight excluding hydrogens is 244 g/mol. The third-order valence-electron chi connectivity index (χ3n) is 5.91. The molecule has 4 aliphatic rings. The van der Waals surface area contributed by atoms with Gasteiger partial charge in [0.15, 0.2) is 11.6 Å². The summed E-state index contributed by atoms with van der Waals surface area (Å²) in [5.74, 6) is 1.00. The van der Waals surface area contributed by atoms with Crippen molar-refractivity contribution >= 4 is 0 Å². The van der Waals surface area contributed by atoms with E-state index in [1.165, 1.54) is 44.2 Å². The minimum absolute atomic E-state index is 0.429. The topological polar surface area (TPSA) is 26.0 Å². The van der Waals surface area contributed by atoms with E-state index in [4.69, 9.17) is 5.73 Å². The number of halogens is 2. The lowest BCUT2D eigenvalue weighted by Gasteiger charge is -2.60. The molecule has 1 aromatic carbocycles. The van der Waals surface area contributed by atoms with E-state index in [-0.39, 0.29) is 0 Å². The zero-order valence-electron chi connectivity index (χ0n) is 10.9. The lowest BCUT2D eigenvalue weighted by molar-refractivity contribution is -0.0585. The smallest absolute Gasteiger partial charge is 0.159 e. The van der Waals surface area contributed by atoms with Crippen LogP contribution in [-0.2, 0) is 5.54 Å². The van der Waals surface area contributed by atoms with E-state index in [9.17, 15) is 8.78 Å². The van der Waals surface area contributed by atoms with Gasteiger partial charge in [0.2, 0.25) is 0 Å². The van der Waals surface area contributed by atoms with Crippen LogP contribution in [0.3, 0.4) is 0 Å². The molecule has 0 unspecified atom stereocenters. The summed E-state index contributed by atoms with van der Waals surface area (Å²) in [6.07, 6.45) is 6.04. The molecule has 4 fully saturated rings. The van der Waals surface area contributed by atoms with Crippen molar-refractivity contribution in [2.75, 3.05) is 0 Å². The first kappa shape index (κ1) is 11.8. The van der Waals surface area contributed by atoms with Crippen molar-refractivity contribution in [2.45, 2.75) is 37.6 Å². The summed E-state index contributed by atoms with van der Waals surface area (Å²) in [7, 11) is 0. The SMILES string of the molecule is NC1(c2ccc(F)c(F)c2)C2CC3CC(C2)CC1C3. The van der Waals surface area contributed by atoms with Crippen LogP contribution in [0.1, 0.15) is 37.7 Å². The molecule has 0 saturated heterocycles. The van der Waals surface area contributed by atoms with Crippen molar-refractivity contribution in [2.24, 2.45) is 29.4 Å². The van der Waals surface area contributed by atoms with Crippen molar-refractivity contribution in [3.63, 3.8) is 0 Å². The van der Waals surface area contributed by atoms with Crippen LogP contribution in [0, 0.1) is 35.3 Å². The Morgan fingerprint density at radius 1 is 0.895 bits per heavy atom. The Balaban J connectivity index is 1.78. The Labute approximate surface area is 112 Å². The summed E-state index contributed by atoms with van der Waals surface area (Å²) in [5, 5.41) is 0. The zero-order chi connectivity index (χ0) is 13.2. The van der Waals surface area contributed by atoms with Gasteiger partial charge in [-0.2, -0.15) is 0 Å². The van der Waals surface area contributed by atoms with Gasteiger partial charge in [0.25, 0.3) is 0 Å². The molecule has 0 aliphatic heterocycles. The first-order valence-electron chi connectivity index (χ1n) is 7.31. The molecule has 0 atom stereocenters. The molecule has 5 rings (SSSR count). The lowest BCUT2D eigenvalue weighted by Crippen LogP contribution is -2.60. The summed E-state index contributed by atoms with van der Waals surface area (Å²) in [5.41, 5.74) is 7.12. The van der Waals surface area contributed by atoms with Gasteiger partial charge in [0, 0.05) is 5.54 Å². The minimum atomic E-state index is -0.781. The molecule has 1 aromatic rings. The van der Waals surface area contributed by atoms with Crippen LogP contribution in [0.15, 0.2) is 18.2 Å². The van der Waals surface area contributed by atoms with Crippen LogP contribution in [0.4, 0.5) is 8.78 Å². The van der Waals surface area contributed by atoms with Gasteiger partial charge in [0.05, 0.1) is 0 Å². The van der Waals surface area contributed by atoms with Crippen molar-refractivity contribution < 1.29 is 8.78 Å². The van der Waals surface area contributed by atoms with Gasteiger partial charge in [-0.05, 0) is 73.5 Å². The fraction of sp³-hybridized carbons (Fsp3) is 0.625. The van der Waals surface area contributed by atoms with E-state index in [0.717, 1.165) is 17.4 Å². The van der Waals surface area contributed by atoms with E-state index in [2.05, 4.69) is 0 Å². The van der Waals surface area contributed by atoms with Gasteiger partial charge in [-0.25, -0.2) is 8.78 Å². The summed E-state index contributed by atoms with van der Waals surface area (Å²) in [6, 6.07) is 4.25. The summed E-state index contributed by atoms with van der Waals surface area (Å²) >= 11 is 0. The second-order valence-corrected chi connectivity index (χ2v) is 6.87. The number of hydrogen-bond acceptors (Lipinski definition) is 1. The van der Waals surface area contributed by atoms with Crippen LogP contribution >= 0.6 is 0 Å². The number of hydrogen-bond donors (Lipinski definition) is 1. The molecule has 102 valence electrons. The quantitative estimate of drug-likeness (QED) is 0.823. The van der Waals surface area contributed by atoms with Gasteiger partial charge in [-0.15, -0.1) is 0 Å². The Morgan fingerprint density at radius 3 is 2.00 bits per heavy atom. The van der Waals surface area contributed by atoms with E-state index < -0.39 is 17.2 Å². The Morgan fingerprint density at radius 2 is 1.47 bits per heavy atom. The predicted octanol–water partition coefficient (Wildman–Crippen LogP) is 3.57. The Bertz CT molecular complexity index is 497. The number of benzene rings is 1. The second kappa shape index (κ2) is 3.78. The fourth-order valence-electron chi connectivity index (χ4n) is 5.20. The third kappa shape index (κ3) is 1.54. The van der Waals surface area contributed by atoms with E-state index in [0.29, 0.717) is 11.8 Å². The van der Waals surface area contributed by atoms with Crippen molar-refractivity contribution in [3.05, 3.63) is 35.4 Å². The maximum atomic E-state index is 13.5. The highest BCUT2D eigenvalue weighted by Crippen LogP contribution is 2.60. The van der Waals surface area contributed by atoms with Crippen LogP contribution in [0.25, 0.3) is 0 Å². The van der Waals surface area contributed by atoms with Gasteiger partial charge in [-0.1, -0.05) is 6.07 Å². The Kier molecular flexibility index (Phi) is 2.36. The summed E-state index contributed by atoms with van der Waals surface area (Å²) < 4.78 is 26.7. The maximum Gasteiger partial charge on any atom is 0.159 e. The molecule has 0 radical (unpaired) electrons. The predicted molar refractivity (Wildman–Crippen MR) is 69.3 cm³/mol.